The lowest BCUT2D eigenvalue weighted by Gasteiger charge is -2.31. The molecule has 0 radical (unpaired) electrons. The monoisotopic (exact) mass is 245 g/mol. The second-order valence-electron chi connectivity index (χ2n) is 4.10. The van der Waals surface area contributed by atoms with Crippen LogP contribution in [-0.4, -0.2) is 18.3 Å². The summed E-state index contributed by atoms with van der Waals surface area (Å²) in [6.07, 6.45) is 7.87. The number of hydrogen-bond acceptors (Lipinski definition) is 3. The molecule has 0 spiro atoms. The maximum atomic E-state index is 11.8. The van der Waals surface area contributed by atoms with Crippen LogP contribution < -0.4 is 5.48 Å². The van der Waals surface area contributed by atoms with Crippen molar-refractivity contribution in [3.8, 4) is 12.3 Å². The molecular weight excluding hydrogens is 230 g/mol. The largest absolute Gasteiger partial charge is 0.338 e. The summed E-state index contributed by atoms with van der Waals surface area (Å²) in [5.41, 5.74) is 2.87. The summed E-state index contributed by atoms with van der Waals surface area (Å²) in [4.78, 5) is 17.1. The highest BCUT2D eigenvalue weighted by Gasteiger charge is 2.33. The van der Waals surface area contributed by atoms with E-state index in [1.807, 2.05) is 6.07 Å². The lowest BCUT2D eigenvalue weighted by molar-refractivity contribution is -0.238. The van der Waals surface area contributed by atoms with Crippen LogP contribution >= 0.6 is 0 Å². The van der Waals surface area contributed by atoms with Gasteiger partial charge in [0.1, 0.15) is 0 Å². The average Bonchev–Trinajstić information content (AvgIpc) is 2.47. The minimum absolute atomic E-state index is 0.334. The summed E-state index contributed by atoms with van der Waals surface area (Å²) < 4.78 is 5.43. The molecule has 18 heavy (non-hydrogen) atoms. The second kappa shape index (κ2) is 5.67. The van der Waals surface area contributed by atoms with E-state index in [1.54, 1.807) is 24.3 Å². The topological polar surface area (TPSA) is 47.6 Å². The van der Waals surface area contributed by atoms with E-state index in [0.717, 1.165) is 12.8 Å². The zero-order chi connectivity index (χ0) is 12.8. The number of terminal acetylenes is 1. The van der Waals surface area contributed by atoms with Gasteiger partial charge in [-0.15, -0.1) is 6.42 Å². The molecule has 1 unspecified atom stereocenters. The van der Waals surface area contributed by atoms with Crippen LogP contribution in [0.5, 0.6) is 0 Å². The third kappa shape index (κ3) is 2.89. The highest BCUT2D eigenvalue weighted by Crippen LogP contribution is 2.24. The zero-order valence-corrected chi connectivity index (χ0v) is 10.0. The van der Waals surface area contributed by atoms with Gasteiger partial charge in [0.15, 0.2) is 0 Å². The summed E-state index contributed by atoms with van der Waals surface area (Å²) in [5.74, 6) is 1.01. The van der Waals surface area contributed by atoms with Crippen LogP contribution in [0.2, 0.25) is 0 Å². The third-order valence-electron chi connectivity index (χ3n) is 2.80. The van der Waals surface area contributed by atoms with Crippen LogP contribution in [0.1, 0.15) is 29.6 Å². The van der Waals surface area contributed by atoms with Gasteiger partial charge in [-0.05, 0) is 30.9 Å². The van der Waals surface area contributed by atoms with E-state index >= 15 is 0 Å². The van der Waals surface area contributed by atoms with E-state index in [1.165, 1.54) is 0 Å². The van der Waals surface area contributed by atoms with Crippen molar-refractivity contribution in [3.63, 3.8) is 0 Å². The predicted molar refractivity (Wildman–Crippen MR) is 66.4 cm³/mol. The molecule has 1 aromatic rings. The quantitative estimate of drug-likeness (QED) is 0.653. The van der Waals surface area contributed by atoms with Gasteiger partial charge in [0.05, 0.1) is 6.61 Å². The summed E-state index contributed by atoms with van der Waals surface area (Å²) in [7, 11) is 0. The first-order valence-corrected chi connectivity index (χ1v) is 5.91. The van der Waals surface area contributed by atoms with Crippen molar-refractivity contribution in [1.29, 1.82) is 0 Å². The predicted octanol–water partition coefficient (Wildman–Crippen LogP) is 1.88. The first-order chi connectivity index (χ1) is 8.76. The molecular formula is C14H15NO3. The molecule has 94 valence electrons. The Kier molecular flexibility index (Phi) is 3.98. The molecule has 1 aliphatic rings. The van der Waals surface area contributed by atoms with E-state index in [2.05, 4.69) is 11.4 Å². The fraction of sp³-hybridized carbons (Fsp3) is 0.357. The van der Waals surface area contributed by atoms with Gasteiger partial charge in [0, 0.05) is 12.0 Å². The molecule has 0 aromatic heterocycles. The number of rotatable bonds is 3. The molecule has 1 atom stereocenters. The normalized spacial score (nSPS) is 23.1. The molecule has 1 heterocycles. The molecule has 1 N–H and O–H groups in total. The fourth-order valence-corrected chi connectivity index (χ4v) is 1.77. The standard InChI is InChI=1S/C14H15NO3/c1-2-14(10-6-7-11-17-14)18-15-13(16)12-8-4-3-5-9-12/h1,3-5,8-9H,6-7,10-11H2,(H,15,16). The Hall–Kier alpha value is -1.83. The highest BCUT2D eigenvalue weighted by molar-refractivity contribution is 5.93. The third-order valence-corrected chi connectivity index (χ3v) is 2.80. The minimum atomic E-state index is -1.12. The fourth-order valence-electron chi connectivity index (χ4n) is 1.77. The minimum Gasteiger partial charge on any atom is -0.338 e. The molecule has 1 aromatic carbocycles. The smallest absolute Gasteiger partial charge is 0.274 e. The van der Waals surface area contributed by atoms with Crippen molar-refractivity contribution in [2.45, 2.75) is 25.0 Å². The van der Waals surface area contributed by atoms with Gasteiger partial charge in [-0.2, -0.15) is 0 Å². The van der Waals surface area contributed by atoms with Crippen LogP contribution in [0.15, 0.2) is 30.3 Å². The molecule has 1 fully saturated rings. The molecule has 4 heteroatoms. The molecule has 1 saturated heterocycles. The number of benzene rings is 1. The van der Waals surface area contributed by atoms with Gasteiger partial charge in [-0.25, -0.2) is 10.3 Å². The van der Waals surface area contributed by atoms with Gasteiger partial charge in [-0.1, -0.05) is 18.2 Å². The van der Waals surface area contributed by atoms with Gasteiger partial charge in [-0.3, -0.25) is 4.79 Å². The molecule has 0 aliphatic carbocycles. The van der Waals surface area contributed by atoms with Crippen molar-refractivity contribution in [1.82, 2.24) is 5.48 Å². The van der Waals surface area contributed by atoms with E-state index in [9.17, 15) is 4.79 Å². The van der Waals surface area contributed by atoms with E-state index < -0.39 is 5.79 Å². The highest BCUT2D eigenvalue weighted by atomic mass is 16.8. The van der Waals surface area contributed by atoms with Gasteiger partial charge >= 0.3 is 0 Å². The second-order valence-corrected chi connectivity index (χ2v) is 4.10. The van der Waals surface area contributed by atoms with Crippen molar-refractivity contribution >= 4 is 5.91 Å². The van der Waals surface area contributed by atoms with E-state index in [4.69, 9.17) is 16.0 Å². The molecule has 2 rings (SSSR count). The molecule has 1 aliphatic heterocycles. The van der Waals surface area contributed by atoms with Crippen LogP contribution in [0.3, 0.4) is 0 Å². The Labute approximate surface area is 106 Å². The number of carbonyl (C=O) groups excluding carboxylic acids is 1. The van der Waals surface area contributed by atoms with Crippen molar-refractivity contribution < 1.29 is 14.4 Å². The molecule has 1 amide bonds. The summed E-state index contributed by atoms with van der Waals surface area (Å²) in [5, 5.41) is 0. The zero-order valence-electron chi connectivity index (χ0n) is 10.0. The number of nitrogens with one attached hydrogen (secondary N) is 1. The first kappa shape index (κ1) is 12.6. The van der Waals surface area contributed by atoms with Gasteiger partial charge in [0.2, 0.25) is 0 Å². The van der Waals surface area contributed by atoms with Gasteiger partial charge < -0.3 is 4.74 Å². The van der Waals surface area contributed by atoms with E-state index in [-0.39, 0.29) is 5.91 Å². The molecule has 0 bridgehead atoms. The Morgan fingerprint density at radius 2 is 2.17 bits per heavy atom. The number of ether oxygens (including phenoxy) is 1. The number of hydroxylamine groups is 1. The first-order valence-electron chi connectivity index (χ1n) is 5.91. The summed E-state index contributed by atoms with van der Waals surface area (Å²) in [6, 6.07) is 8.79. The average molecular weight is 245 g/mol. The Morgan fingerprint density at radius 3 is 2.78 bits per heavy atom. The van der Waals surface area contributed by atoms with Crippen LogP contribution in [0.4, 0.5) is 0 Å². The number of carbonyl (C=O) groups is 1. The summed E-state index contributed by atoms with van der Waals surface area (Å²) in [6.45, 7) is 0.547. The van der Waals surface area contributed by atoms with Crippen LogP contribution in [0.25, 0.3) is 0 Å². The van der Waals surface area contributed by atoms with Crippen molar-refractivity contribution in [3.05, 3.63) is 35.9 Å². The molecule has 4 nitrogen and oxygen atoms in total. The lowest BCUT2D eigenvalue weighted by atomic mass is 10.1. The maximum absolute atomic E-state index is 11.8. The maximum Gasteiger partial charge on any atom is 0.274 e. The Balaban J connectivity index is 1.95. The van der Waals surface area contributed by atoms with Crippen LogP contribution in [0, 0.1) is 12.3 Å². The van der Waals surface area contributed by atoms with Crippen molar-refractivity contribution in [2.24, 2.45) is 0 Å². The van der Waals surface area contributed by atoms with Crippen LogP contribution in [-0.2, 0) is 9.57 Å². The van der Waals surface area contributed by atoms with Crippen molar-refractivity contribution in [2.75, 3.05) is 6.61 Å². The van der Waals surface area contributed by atoms with E-state index in [0.29, 0.717) is 18.6 Å². The number of amides is 1. The SMILES string of the molecule is C#CC1(ONC(=O)c2ccccc2)CCCCO1. The lowest BCUT2D eigenvalue weighted by Crippen LogP contribution is -2.43. The Bertz CT molecular complexity index is 444. The Morgan fingerprint density at radius 1 is 1.39 bits per heavy atom. The number of hydrogen-bond donors (Lipinski definition) is 1. The molecule has 0 saturated carbocycles. The van der Waals surface area contributed by atoms with Gasteiger partial charge in [0.25, 0.3) is 11.7 Å². The summed E-state index contributed by atoms with van der Waals surface area (Å²) >= 11 is 0.